The number of rotatable bonds is 2. The summed E-state index contributed by atoms with van der Waals surface area (Å²) in [4.78, 5) is 0.516. The number of fused-ring (bicyclic) bond motifs is 1. The molecule has 0 amide bonds. The number of aryl methyl sites for hydroxylation is 1. The summed E-state index contributed by atoms with van der Waals surface area (Å²) in [5.41, 5.74) is 0.636. The molecule has 1 fully saturated rings. The van der Waals surface area contributed by atoms with Crippen LogP contribution in [0.3, 0.4) is 0 Å². The lowest BCUT2D eigenvalue weighted by Crippen LogP contribution is -2.39. The molecule has 5 nitrogen and oxygen atoms in total. The van der Waals surface area contributed by atoms with Crippen molar-refractivity contribution in [1.29, 1.82) is 0 Å². The molecule has 0 N–H and O–H groups in total. The van der Waals surface area contributed by atoms with E-state index in [1.54, 1.807) is 6.07 Å². The minimum atomic E-state index is -3.53. The van der Waals surface area contributed by atoms with E-state index in [2.05, 4.69) is 6.92 Å². The molecule has 2 heterocycles. The van der Waals surface area contributed by atoms with Crippen LogP contribution in [0.1, 0.15) is 31.7 Å². The molecule has 1 unspecified atom stereocenters. The van der Waals surface area contributed by atoms with Gasteiger partial charge in [0.25, 0.3) is 0 Å². The highest BCUT2D eigenvalue weighted by molar-refractivity contribution is 7.91. The first-order valence-corrected chi connectivity index (χ1v) is 10.8. The molecule has 7 heteroatoms. The van der Waals surface area contributed by atoms with Crippen LogP contribution in [0.25, 0.3) is 0 Å². The van der Waals surface area contributed by atoms with E-state index in [1.165, 1.54) is 16.4 Å². The first kappa shape index (κ1) is 16.0. The molecule has 22 heavy (non-hydrogen) atoms. The van der Waals surface area contributed by atoms with Gasteiger partial charge in [-0.15, -0.1) is 0 Å². The number of hydrogen-bond donors (Lipinski definition) is 0. The average Bonchev–Trinajstić information content (AvgIpc) is 2.46. The van der Waals surface area contributed by atoms with Gasteiger partial charge in [0.15, 0.2) is 9.84 Å². The van der Waals surface area contributed by atoms with Crippen LogP contribution in [0.4, 0.5) is 0 Å². The smallest absolute Gasteiger partial charge is 0.224 e. The maximum atomic E-state index is 12.8. The number of sulfone groups is 1. The van der Waals surface area contributed by atoms with Gasteiger partial charge in [-0.3, -0.25) is 0 Å². The van der Waals surface area contributed by atoms with E-state index >= 15 is 0 Å². The number of nitrogens with zero attached hydrogens (tertiary/aromatic N) is 1. The normalized spacial score (nSPS) is 25.6. The van der Waals surface area contributed by atoms with Crippen molar-refractivity contribution in [2.75, 3.05) is 18.8 Å². The van der Waals surface area contributed by atoms with Crippen molar-refractivity contribution in [2.45, 2.75) is 42.4 Å². The molecule has 2 aliphatic rings. The van der Waals surface area contributed by atoms with Gasteiger partial charge in [-0.2, -0.15) is 4.31 Å². The highest BCUT2D eigenvalue weighted by atomic mass is 32.2. The fourth-order valence-corrected chi connectivity index (χ4v) is 6.52. The predicted octanol–water partition coefficient (Wildman–Crippen LogP) is 1.83. The maximum Gasteiger partial charge on any atom is 0.243 e. The van der Waals surface area contributed by atoms with Gasteiger partial charge in [-0.25, -0.2) is 16.8 Å². The topological polar surface area (TPSA) is 71.5 Å². The van der Waals surface area contributed by atoms with E-state index in [4.69, 9.17) is 0 Å². The molecular weight excluding hydrogens is 322 g/mol. The molecule has 3 rings (SSSR count). The van der Waals surface area contributed by atoms with Gasteiger partial charge in [-0.05, 0) is 55.4 Å². The van der Waals surface area contributed by atoms with Gasteiger partial charge in [-0.1, -0.05) is 6.92 Å². The fraction of sp³-hybridized carbons (Fsp3) is 0.600. The van der Waals surface area contributed by atoms with Crippen molar-refractivity contribution in [1.82, 2.24) is 4.31 Å². The zero-order chi connectivity index (χ0) is 16.0. The molecular formula is C15H21NO4S2. The minimum absolute atomic E-state index is 0.149. The highest BCUT2D eigenvalue weighted by Gasteiger charge is 2.31. The summed E-state index contributed by atoms with van der Waals surface area (Å²) in [6, 6.07) is 4.46. The second kappa shape index (κ2) is 5.62. The quantitative estimate of drug-likeness (QED) is 0.821. The Balaban J connectivity index is 1.99. The first-order valence-electron chi connectivity index (χ1n) is 7.66. The Hall–Kier alpha value is -0.920. The Morgan fingerprint density at radius 3 is 2.73 bits per heavy atom. The Kier molecular flexibility index (Phi) is 4.07. The summed E-state index contributed by atoms with van der Waals surface area (Å²) in [5.74, 6) is 0.511. The number of hydrogen-bond acceptors (Lipinski definition) is 4. The molecule has 0 saturated carbocycles. The monoisotopic (exact) mass is 343 g/mol. The Morgan fingerprint density at radius 1 is 1.23 bits per heavy atom. The zero-order valence-electron chi connectivity index (χ0n) is 12.7. The molecule has 1 saturated heterocycles. The molecule has 0 bridgehead atoms. The Bertz CT molecular complexity index is 784. The summed E-state index contributed by atoms with van der Waals surface area (Å²) < 4.78 is 51.1. The van der Waals surface area contributed by atoms with E-state index in [0.717, 1.165) is 12.8 Å². The van der Waals surface area contributed by atoms with E-state index in [1.807, 2.05) is 0 Å². The van der Waals surface area contributed by atoms with Crippen LogP contribution >= 0.6 is 0 Å². The van der Waals surface area contributed by atoms with Crippen LogP contribution in [0.15, 0.2) is 28.0 Å². The van der Waals surface area contributed by atoms with Crippen molar-refractivity contribution in [2.24, 2.45) is 5.92 Å². The summed E-state index contributed by atoms with van der Waals surface area (Å²) in [6.07, 6.45) is 3.10. The molecule has 1 atom stereocenters. The SMILES string of the molecule is CC1CCCN(S(=O)(=O)c2ccc3c(c2)CCCS3(=O)=O)C1. The molecule has 2 aliphatic heterocycles. The summed E-state index contributed by atoms with van der Waals surface area (Å²) in [7, 11) is -6.77. The Morgan fingerprint density at radius 2 is 2.00 bits per heavy atom. The molecule has 0 spiro atoms. The third kappa shape index (κ3) is 2.81. The molecule has 0 radical (unpaired) electrons. The summed E-state index contributed by atoms with van der Waals surface area (Å²) in [5, 5.41) is 0. The van der Waals surface area contributed by atoms with Gasteiger partial charge >= 0.3 is 0 Å². The molecule has 0 aliphatic carbocycles. The van der Waals surface area contributed by atoms with Crippen LogP contribution in [-0.2, 0) is 26.3 Å². The zero-order valence-corrected chi connectivity index (χ0v) is 14.3. The third-order valence-electron chi connectivity index (χ3n) is 4.48. The van der Waals surface area contributed by atoms with Gasteiger partial charge in [0.1, 0.15) is 0 Å². The fourth-order valence-electron chi connectivity index (χ4n) is 3.29. The van der Waals surface area contributed by atoms with Crippen molar-refractivity contribution < 1.29 is 16.8 Å². The second-order valence-corrected chi connectivity index (χ2v) is 10.3. The highest BCUT2D eigenvalue weighted by Crippen LogP contribution is 2.29. The van der Waals surface area contributed by atoms with E-state index in [0.29, 0.717) is 42.3 Å². The third-order valence-corrected chi connectivity index (χ3v) is 8.24. The predicted molar refractivity (Wildman–Crippen MR) is 84.0 cm³/mol. The van der Waals surface area contributed by atoms with Crippen molar-refractivity contribution in [3.8, 4) is 0 Å². The van der Waals surface area contributed by atoms with Crippen LogP contribution in [0.5, 0.6) is 0 Å². The van der Waals surface area contributed by atoms with Crippen molar-refractivity contribution in [3.05, 3.63) is 23.8 Å². The van der Waals surface area contributed by atoms with E-state index in [9.17, 15) is 16.8 Å². The first-order chi connectivity index (χ1) is 10.3. The molecule has 0 aromatic heterocycles. The number of sulfonamides is 1. The number of benzene rings is 1. The lowest BCUT2D eigenvalue weighted by Gasteiger charge is -2.30. The van der Waals surface area contributed by atoms with E-state index in [-0.39, 0.29) is 10.6 Å². The minimum Gasteiger partial charge on any atom is -0.224 e. The van der Waals surface area contributed by atoms with Crippen LogP contribution < -0.4 is 0 Å². The standard InChI is InChI=1S/C15H21NO4S2/c1-12-4-2-8-16(11-12)22(19,20)14-6-7-15-13(10-14)5-3-9-21(15,17)18/h6-7,10,12H,2-5,8-9,11H2,1H3. The maximum absolute atomic E-state index is 12.8. The van der Waals surface area contributed by atoms with Gasteiger partial charge in [0, 0.05) is 13.1 Å². The Labute approximate surface area is 132 Å². The molecule has 1 aromatic rings. The van der Waals surface area contributed by atoms with Crippen molar-refractivity contribution in [3.63, 3.8) is 0 Å². The van der Waals surface area contributed by atoms with E-state index < -0.39 is 19.9 Å². The largest absolute Gasteiger partial charge is 0.243 e. The van der Waals surface area contributed by atoms with Crippen LogP contribution in [0, 0.1) is 5.92 Å². The lowest BCUT2D eigenvalue weighted by molar-refractivity contribution is 0.281. The van der Waals surface area contributed by atoms with Crippen molar-refractivity contribution >= 4 is 19.9 Å². The van der Waals surface area contributed by atoms with Gasteiger partial charge in [0.05, 0.1) is 15.5 Å². The second-order valence-electron chi connectivity index (χ2n) is 6.30. The van der Waals surface area contributed by atoms with Gasteiger partial charge in [0.2, 0.25) is 10.0 Å². The average molecular weight is 343 g/mol. The molecule has 122 valence electrons. The molecule has 1 aromatic carbocycles. The lowest BCUT2D eigenvalue weighted by atomic mass is 10.0. The summed E-state index contributed by atoms with van der Waals surface area (Å²) in [6.45, 7) is 3.14. The van der Waals surface area contributed by atoms with Gasteiger partial charge < -0.3 is 0 Å². The summed E-state index contributed by atoms with van der Waals surface area (Å²) >= 11 is 0. The van der Waals surface area contributed by atoms with Crippen LogP contribution in [-0.4, -0.2) is 40.0 Å². The van der Waals surface area contributed by atoms with Crippen LogP contribution in [0.2, 0.25) is 0 Å². The number of piperidine rings is 1.